The minimum Gasteiger partial charge on any atom is -0.450 e. The molecule has 1 rings (SSSR count). The summed E-state index contributed by atoms with van der Waals surface area (Å²) in [6.07, 6.45) is 0. The number of nitro benzene ring substituents is 1. The highest BCUT2D eigenvalue weighted by atomic mass is 16.6. The molecule has 0 saturated carbocycles. The number of nitro groups is 1. The summed E-state index contributed by atoms with van der Waals surface area (Å²) in [7, 11) is 0.720. The third-order valence-corrected chi connectivity index (χ3v) is 1.27. The molecular formula is C6H7BNO4. The fourth-order valence-corrected chi connectivity index (χ4v) is 0.763. The number of hydrogen-bond acceptors (Lipinski definition) is 3. The van der Waals surface area contributed by atoms with Gasteiger partial charge in [0, 0.05) is 11.5 Å². The maximum absolute atomic E-state index is 10.3. The van der Waals surface area contributed by atoms with E-state index in [9.17, 15) is 10.1 Å². The number of nitrogens with zero attached hydrogens (tertiary/aromatic N) is 1. The first-order valence-corrected chi connectivity index (χ1v) is 2.96. The van der Waals surface area contributed by atoms with Gasteiger partial charge in [0.1, 0.15) is 0 Å². The van der Waals surface area contributed by atoms with Crippen molar-refractivity contribution in [2.75, 3.05) is 0 Å². The Morgan fingerprint density at radius 2 is 2.00 bits per heavy atom. The summed E-state index contributed by atoms with van der Waals surface area (Å²) in [4.78, 5) is 9.72. The van der Waals surface area contributed by atoms with E-state index in [-0.39, 0.29) is 16.6 Å². The second-order valence-corrected chi connectivity index (χ2v) is 1.95. The molecule has 0 aliphatic heterocycles. The van der Waals surface area contributed by atoms with Gasteiger partial charge in [0.15, 0.2) is 0 Å². The van der Waals surface area contributed by atoms with E-state index < -0.39 is 4.92 Å². The maximum Gasteiger partial charge on any atom is 0.334 e. The van der Waals surface area contributed by atoms with Crippen LogP contribution in [0.5, 0.6) is 0 Å². The molecule has 0 heterocycles. The van der Waals surface area contributed by atoms with Gasteiger partial charge in [-0.1, -0.05) is 18.2 Å². The van der Waals surface area contributed by atoms with Crippen molar-refractivity contribution in [2.24, 2.45) is 0 Å². The van der Waals surface area contributed by atoms with Crippen molar-refractivity contribution in [3.8, 4) is 0 Å². The highest BCUT2D eigenvalue weighted by molar-refractivity contribution is 6.47. The lowest BCUT2D eigenvalue weighted by molar-refractivity contribution is -0.383. The normalized spacial score (nSPS) is 8.42. The SMILES string of the molecule is O.O=[N+]([O-])c1ccccc1[B]O. The zero-order valence-electron chi connectivity index (χ0n) is 6.10. The van der Waals surface area contributed by atoms with Gasteiger partial charge >= 0.3 is 7.48 Å². The fourth-order valence-electron chi connectivity index (χ4n) is 0.763. The molecule has 1 radical (unpaired) electrons. The molecule has 0 saturated heterocycles. The molecule has 1 aromatic rings. The van der Waals surface area contributed by atoms with E-state index >= 15 is 0 Å². The fraction of sp³-hybridized carbons (Fsp3) is 0. The Hall–Kier alpha value is -1.40. The van der Waals surface area contributed by atoms with Crippen molar-refractivity contribution in [3.05, 3.63) is 34.4 Å². The van der Waals surface area contributed by atoms with E-state index in [0.717, 1.165) is 7.48 Å². The molecule has 63 valence electrons. The average molecular weight is 168 g/mol. The zero-order chi connectivity index (χ0) is 8.27. The summed E-state index contributed by atoms with van der Waals surface area (Å²) >= 11 is 0. The van der Waals surface area contributed by atoms with Crippen LogP contribution in [-0.4, -0.2) is 22.9 Å². The summed E-state index contributed by atoms with van der Waals surface area (Å²) < 4.78 is 0. The molecule has 0 aliphatic carbocycles. The van der Waals surface area contributed by atoms with Gasteiger partial charge in [-0.05, 0) is 0 Å². The van der Waals surface area contributed by atoms with Crippen molar-refractivity contribution in [1.82, 2.24) is 0 Å². The number of para-hydroxylation sites is 1. The van der Waals surface area contributed by atoms with Crippen molar-refractivity contribution in [3.63, 3.8) is 0 Å². The number of hydrogen-bond donors (Lipinski definition) is 1. The monoisotopic (exact) mass is 168 g/mol. The minimum atomic E-state index is -0.540. The van der Waals surface area contributed by atoms with Crippen LogP contribution in [0.1, 0.15) is 0 Å². The van der Waals surface area contributed by atoms with E-state index in [4.69, 9.17) is 5.02 Å². The summed E-state index contributed by atoms with van der Waals surface area (Å²) in [6, 6.07) is 5.97. The lowest BCUT2D eigenvalue weighted by Crippen LogP contribution is -2.17. The minimum absolute atomic E-state index is 0. The Balaban J connectivity index is 0.00000121. The first-order chi connectivity index (χ1) is 5.25. The Labute approximate surface area is 69.4 Å². The Kier molecular flexibility index (Phi) is 3.96. The number of rotatable bonds is 2. The maximum atomic E-state index is 10.3. The molecule has 0 aliphatic rings. The predicted octanol–water partition coefficient (Wildman–Crippen LogP) is -0.993. The van der Waals surface area contributed by atoms with Crippen molar-refractivity contribution < 1.29 is 15.4 Å². The zero-order valence-corrected chi connectivity index (χ0v) is 6.10. The molecule has 0 unspecified atom stereocenters. The van der Waals surface area contributed by atoms with Gasteiger partial charge in [-0.25, -0.2) is 0 Å². The lowest BCUT2D eigenvalue weighted by atomic mass is 9.87. The average Bonchev–Trinajstić information content (AvgIpc) is 2.04. The molecule has 0 bridgehead atoms. The standard InChI is InChI=1S/C6H5BNO3.H2O/c9-7-5-3-1-2-4-6(5)8(10)11;/h1-4,9H;1H2. The molecule has 0 atom stereocenters. The van der Waals surface area contributed by atoms with Crippen LogP contribution in [0.15, 0.2) is 24.3 Å². The second-order valence-electron chi connectivity index (χ2n) is 1.95. The van der Waals surface area contributed by atoms with E-state index in [2.05, 4.69) is 0 Å². The van der Waals surface area contributed by atoms with Crippen LogP contribution >= 0.6 is 0 Å². The van der Waals surface area contributed by atoms with Crippen LogP contribution in [0.4, 0.5) is 5.69 Å². The van der Waals surface area contributed by atoms with Gasteiger partial charge in [0.25, 0.3) is 5.69 Å². The summed E-state index contributed by atoms with van der Waals surface area (Å²) in [5.74, 6) is 0. The van der Waals surface area contributed by atoms with Crippen LogP contribution in [0.25, 0.3) is 0 Å². The quantitative estimate of drug-likeness (QED) is 0.348. The molecule has 5 nitrogen and oxygen atoms in total. The third kappa shape index (κ3) is 2.04. The third-order valence-electron chi connectivity index (χ3n) is 1.27. The van der Waals surface area contributed by atoms with Gasteiger partial charge in [-0.2, -0.15) is 0 Å². The van der Waals surface area contributed by atoms with Gasteiger partial charge in [0.05, 0.1) is 4.92 Å². The van der Waals surface area contributed by atoms with Crippen LogP contribution in [0.3, 0.4) is 0 Å². The van der Waals surface area contributed by atoms with Gasteiger partial charge in [-0.15, -0.1) is 0 Å². The van der Waals surface area contributed by atoms with Gasteiger partial charge in [-0.3, -0.25) is 10.1 Å². The van der Waals surface area contributed by atoms with Crippen molar-refractivity contribution in [1.29, 1.82) is 0 Å². The lowest BCUT2D eigenvalue weighted by Gasteiger charge is -1.94. The van der Waals surface area contributed by atoms with Crippen LogP contribution < -0.4 is 5.46 Å². The number of benzene rings is 1. The molecule has 6 heteroatoms. The predicted molar refractivity (Wildman–Crippen MR) is 44.3 cm³/mol. The van der Waals surface area contributed by atoms with E-state index in [0.29, 0.717) is 0 Å². The van der Waals surface area contributed by atoms with E-state index in [1.165, 1.54) is 12.1 Å². The largest absolute Gasteiger partial charge is 0.450 e. The highest BCUT2D eigenvalue weighted by Crippen LogP contribution is 2.04. The molecule has 0 spiro atoms. The van der Waals surface area contributed by atoms with Gasteiger partial charge in [0.2, 0.25) is 0 Å². The Morgan fingerprint density at radius 1 is 1.42 bits per heavy atom. The van der Waals surface area contributed by atoms with Crippen LogP contribution in [-0.2, 0) is 0 Å². The first-order valence-electron chi connectivity index (χ1n) is 2.96. The highest BCUT2D eigenvalue weighted by Gasteiger charge is 2.11. The first kappa shape index (κ1) is 10.6. The summed E-state index contributed by atoms with van der Waals surface area (Å²) in [5.41, 5.74) is 0.132. The summed E-state index contributed by atoms with van der Waals surface area (Å²) in [5, 5.41) is 18.8. The molecular weight excluding hydrogens is 161 g/mol. The molecule has 0 fully saturated rings. The van der Waals surface area contributed by atoms with Crippen LogP contribution in [0, 0.1) is 10.1 Å². The smallest absolute Gasteiger partial charge is 0.334 e. The Bertz CT molecular complexity index is 278. The van der Waals surface area contributed by atoms with Crippen molar-refractivity contribution >= 4 is 18.6 Å². The van der Waals surface area contributed by atoms with Crippen molar-refractivity contribution in [2.45, 2.75) is 0 Å². The summed E-state index contributed by atoms with van der Waals surface area (Å²) in [6.45, 7) is 0. The molecule has 3 N–H and O–H groups in total. The molecule has 0 aromatic heterocycles. The van der Waals surface area contributed by atoms with Crippen LogP contribution in [0.2, 0.25) is 0 Å². The van der Waals surface area contributed by atoms with Gasteiger partial charge < -0.3 is 10.5 Å². The molecule has 0 amide bonds. The Morgan fingerprint density at radius 3 is 2.42 bits per heavy atom. The topological polar surface area (TPSA) is 94.9 Å². The van der Waals surface area contributed by atoms with E-state index in [1.54, 1.807) is 12.1 Å². The van der Waals surface area contributed by atoms with E-state index in [1.807, 2.05) is 0 Å². The molecule has 1 aromatic carbocycles. The molecule has 12 heavy (non-hydrogen) atoms. The second kappa shape index (κ2) is 4.48.